The highest BCUT2D eigenvalue weighted by molar-refractivity contribution is 5.92. The Morgan fingerprint density at radius 3 is 1.97 bits per heavy atom. The van der Waals surface area contributed by atoms with Crippen LogP contribution in [-0.4, -0.2) is 23.4 Å². The fraction of sp³-hybridized carbons (Fsp3) is 0.154. The van der Waals surface area contributed by atoms with Crippen molar-refractivity contribution in [1.29, 1.82) is 0 Å². The van der Waals surface area contributed by atoms with Gasteiger partial charge in [-0.3, -0.25) is 0 Å². The lowest BCUT2D eigenvalue weighted by molar-refractivity contribution is -0.274. The molecule has 0 spiro atoms. The summed E-state index contributed by atoms with van der Waals surface area (Å²) in [6, 6.07) is 15.9. The number of carbonyl (C=O) groups excluding carboxylic acids is 1. The van der Waals surface area contributed by atoms with E-state index >= 15 is 0 Å². The maximum Gasteiger partial charge on any atom is 0.573 e. The summed E-state index contributed by atoms with van der Waals surface area (Å²) in [4.78, 5) is 23.6. The predicted molar refractivity (Wildman–Crippen MR) is 128 cm³/mol. The van der Waals surface area contributed by atoms with Gasteiger partial charge in [0.15, 0.2) is 0 Å². The average Bonchev–Trinajstić information content (AvgIpc) is 2.77. The topological polar surface area (TPSA) is 125 Å². The second-order valence-corrected chi connectivity index (χ2v) is 7.86. The molecule has 5 N–H and O–H groups in total. The van der Waals surface area contributed by atoms with Crippen LogP contribution in [0.1, 0.15) is 34.3 Å². The van der Waals surface area contributed by atoms with Crippen LogP contribution in [0.2, 0.25) is 0 Å². The number of halogens is 3. The first-order valence-electron chi connectivity index (χ1n) is 10.8. The lowest BCUT2D eigenvalue weighted by Gasteiger charge is -2.11. The first-order chi connectivity index (χ1) is 17.0. The molecule has 3 aromatic carbocycles. The Balaban J connectivity index is 1.63. The molecule has 10 heteroatoms. The molecule has 0 unspecified atom stereocenters. The van der Waals surface area contributed by atoms with Crippen molar-refractivity contribution >= 4 is 28.9 Å². The smallest absolute Gasteiger partial charge is 0.478 e. The van der Waals surface area contributed by atoms with Crippen molar-refractivity contribution in [2.75, 3.05) is 11.5 Å². The van der Waals surface area contributed by atoms with Crippen LogP contribution in [0.4, 0.5) is 24.5 Å². The van der Waals surface area contributed by atoms with Crippen molar-refractivity contribution in [3.8, 4) is 11.5 Å². The van der Waals surface area contributed by atoms with E-state index < -0.39 is 24.1 Å². The van der Waals surface area contributed by atoms with Crippen molar-refractivity contribution in [1.82, 2.24) is 0 Å². The summed E-state index contributed by atoms with van der Waals surface area (Å²) in [5.41, 5.74) is 14.9. The van der Waals surface area contributed by atoms with Crippen LogP contribution in [-0.2, 0) is 11.2 Å². The maximum absolute atomic E-state index is 12.3. The summed E-state index contributed by atoms with van der Waals surface area (Å²) >= 11 is 0. The largest absolute Gasteiger partial charge is 0.573 e. The van der Waals surface area contributed by atoms with Crippen molar-refractivity contribution in [3.63, 3.8) is 0 Å². The lowest BCUT2D eigenvalue weighted by atomic mass is 9.97. The SMILES string of the molecule is Nc1cc(N)cc(CCC/C(=C\C(=O)O)c2ccc(OC(=O)c3ccc(OC(F)(F)F)cc3)cc2)c1. The van der Waals surface area contributed by atoms with Crippen LogP contribution in [0.15, 0.2) is 72.8 Å². The highest BCUT2D eigenvalue weighted by Crippen LogP contribution is 2.26. The molecular formula is C26H23F3N2O5. The number of esters is 1. The van der Waals surface area contributed by atoms with Gasteiger partial charge in [-0.2, -0.15) is 0 Å². The Hall–Kier alpha value is -4.47. The molecule has 0 fully saturated rings. The van der Waals surface area contributed by atoms with Crippen LogP contribution in [0, 0.1) is 0 Å². The second-order valence-electron chi connectivity index (χ2n) is 7.86. The highest BCUT2D eigenvalue weighted by atomic mass is 19.4. The maximum atomic E-state index is 12.3. The van der Waals surface area contributed by atoms with Crippen molar-refractivity contribution in [3.05, 3.63) is 89.5 Å². The minimum atomic E-state index is -4.83. The van der Waals surface area contributed by atoms with Crippen molar-refractivity contribution < 1.29 is 37.3 Å². The number of benzene rings is 3. The molecule has 0 amide bonds. The first-order valence-corrected chi connectivity index (χ1v) is 10.8. The van der Waals surface area contributed by atoms with Gasteiger partial charge in [-0.15, -0.1) is 13.2 Å². The Bertz CT molecular complexity index is 1230. The average molecular weight is 500 g/mol. The van der Waals surface area contributed by atoms with Gasteiger partial charge in [0.05, 0.1) is 5.56 Å². The van der Waals surface area contributed by atoms with E-state index in [2.05, 4.69) is 4.74 Å². The minimum absolute atomic E-state index is 0.0299. The van der Waals surface area contributed by atoms with Gasteiger partial charge in [0.2, 0.25) is 0 Å². The van der Waals surface area contributed by atoms with Gasteiger partial charge in [-0.1, -0.05) is 12.1 Å². The number of carbonyl (C=O) groups is 2. The standard InChI is InChI=1S/C26H23F3N2O5/c27-26(28,29)36-23-10-6-18(7-11-23)25(34)35-22-8-4-17(5-9-22)19(14-24(32)33)3-1-2-16-12-20(30)15-21(31)13-16/h4-15H,1-3,30-31H2,(H,32,33)/b19-14+. The van der Waals surface area contributed by atoms with E-state index in [1.807, 2.05) is 12.1 Å². The Morgan fingerprint density at radius 2 is 1.42 bits per heavy atom. The summed E-state index contributed by atoms with van der Waals surface area (Å²) in [7, 11) is 0. The number of carboxylic acid groups (broad SMARTS) is 1. The summed E-state index contributed by atoms with van der Waals surface area (Å²) in [6.45, 7) is 0. The van der Waals surface area contributed by atoms with Crippen LogP contribution >= 0.6 is 0 Å². The van der Waals surface area contributed by atoms with Gasteiger partial charge in [-0.05, 0) is 90.6 Å². The monoisotopic (exact) mass is 500 g/mol. The molecule has 0 heterocycles. The first kappa shape index (κ1) is 26.1. The molecule has 188 valence electrons. The number of rotatable bonds is 9. The molecule has 7 nitrogen and oxygen atoms in total. The van der Waals surface area contributed by atoms with E-state index in [0.29, 0.717) is 41.8 Å². The Morgan fingerprint density at radius 1 is 0.861 bits per heavy atom. The summed E-state index contributed by atoms with van der Waals surface area (Å²) in [5.74, 6) is -2.14. The fourth-order valence-corrected chi connectivity index (χ4v) is 3.52. The molecule has 0 saturated heterocycles. The fourth-order valence-electron chi connectivity index (χ4n) is 3.52. The normalized spacial score (nSPS) is 11.7. The predicted octanol–water partition coefficient (Wildman–Crippen LogP) is 5.46. The van der Waals surface area contributed by atoms with Gasteiger partial charge < -0.3 is 26.0 Å². The summed E-state index contributed by atoms with van der Waals surface area (Å²) in [5, 5.41) is 9.27. The van der Waals surface area contributed by atoms with E-state index in [1.54, 1.807) is 18.2 Å². The zero-order valence-corrected chi connectivity index (χ0v) is 18.9. The van der Waals surface area contributed by atoms with Crippen molar-refractivity contribution in [2.45, 2.75) is 25.6 Å². The number of alkyl halides is 3. The van der Waals surface area contributed by atoms with E-state index in [1.165, 1.54) is 12.1 Å². The molecule has 0 bridgehead atoms. The van der Waals surface area contributed by atoms with E-state index in [-0.39, 0.29) is 11.3 Å². The number of allylic oxidation sites excluding steroid dienone is 1. The quantitative estimate of drug-likeness (QED) is 0.154. The molecule has 0 radical (unpaired) electrons. The second kappa shape index (κ2) is 11.3. The van der Waals surface area contributed by atoms with Crippen LogP contribution in [0.3, 0.4) is 0 Å². The minimum Gasteiger partial charge on any atom is -0.478 e. The van der Waals surface area contributed by atoms with Gasteiger partial charge >= 0.3 is 18.3 Å². The Labute approximate surface area is 204 Å². The zero-order valence-electron chi connectivity index (χ0n) is 18.9. The molecule has 36 heavy (non-hydrogen) atoms. The number of aryl methyl sites for hydroxylation is 1. The third-order valence-corrected chi connectivity index (χ3v) is 5.01. The van der Waals surface area contributed by atoms with Gasteiger partial charge in [0.1, 0.15) is 11.5 Å². The number of hydrogen-bond acceptors (Lipinski definition) is 6. The molecular weight excluding hydrogens is 477 g/mol. The van der Waals surface area contributed by atoms with Crippen LogP contribution in [0.25, 0.3) is 5.57 Å². The van der Waals surface area contributed by atoms with Crippen LogP contribution < -0.4 is 20.9 Å². The molecule has 0 aliphatic rings. The molecule has 0 aromatic heterocycles. The number of nitrogens with two attached hydrogens (primary N) is 2. The summed E-state index contributed by atoms with van der Waals surface area (Å²) in [6.07, 6.45) is -1.95. The molecule has 0 aliphatic heterocycles. The number of anilines is 2. The van der Waals surface area contributed by atoms with Gasteiger partial charge in [0, 0.05) is 17.5 Å². The number of hydrogen-bond donors (Lipinski definition) is 3. The number of carboxylic acids is 1. The number of aliphatic carboxylic acids is 1. The number of ether oxygens (including phenoxy) is 2. The highest BCUT2D eigenvalue weighted by Gasteiger charge is 2.31. The third kappa shape index (κ3) is 8.08. The molecule has 3 rings (SSSR count). The Kier molecular flexibility index (Phi) is 8.21. The van der Waals surface area contributed by atoms with E-state index in [9.17, 15) is 27.9 Å². The molecule has 0 aliphatic carbocycles. The molecule has 3 aromatic rings. The zero-order chi connectivity index (χ0) is 26.3. The molecule has 0 saturated carbocycles. The molecule has 0 atom stereocenters. The van der Waals surface area contributed by atoms with Crippen molar-refractivity contribution in [2.24, 2.45) is 0 Å². The summed E-state index contributed by atoms with van der Waals surface area (Å²) < 4.78 is 45.8. The van der Waals surface area contributed by atoms with E-state index in [0.717, 1.165) is 35.9 Å². The third-order valence-electron chi connectivity index (χ3n) is 5.01. The van der Waals surface area contributed by atoms with Gasteiger partial charge in [0.25, 0.3) is 0 Å². The van der Waals surface area contributed by atoms with E-state index in [4.69, 9.17) is 16.2 Å². The van der Waals surface area contributed by atoms with Gasteiger partial charge in [-0.25, -0.2) is 9.59 Å². The lowest BCUT2D eigenvalue weighted by Crippen LogP contribution is -2.17. The van der Waals surface area contributed by atoms with Crippen LogP contribution in [0.5, 0.6) is 11.5 Å². The number of nitrogen functional groups attached to an aromatic ring is 2.